The summed E-state index contributed by atoms with van der Waals surface area (Å²) >= 11 is 0. The van der Waals surface area contributed by atoms with Crippen molar-refractivity contribution >= 4 is 0 Å². The fourth-order valence-corrected chi connectivity index (χ4v) is 3.55. The normalized spacial score (nSPS) is 40.9. The van der Waals surface area contributed by atoms with Gasteiger partial charge in [0.2, 0.25) is 0 Å². The van der Waals surface area contributed by atoms with Crippen LogP contribution in [0.2, 0.25) is 0 Å². The second-order valence-electron chi connectivity index (χ2n) is 5.94. The molecule has 0 radical (unpaired) electrons. The molecule has 0 atom stereocenters. The summed E-state index contributed by atoms with van der Waals surface area (Å²) in [5.74, 6) is 3.26. The van der Waals surface area contributed by atoms with Gasteiger partial charge < -0.3 is 4.90 Å². The van der Waals surface area contributed by atoms with Gasteiger partial charge in [0, 0.05) is 6.04 Å². The Kier molecular flexibility index (Phi) is 2.31. The van der Waals surface area contributed by atoms with E-state index in [0.29, 0.717) is 0 Å². The summed E-state index contributed by atoms with van der Waals surface area (Å²) < 4.78 is 0. The third kappa shape index (κ3) is 1.71. The van der Waals surface area contributed by atoms with Crippen LogP contribution in [0.5, 0.6) is 0 Å². The van der Waals surface area contributed by atoms with Gasteiger partial charge in [-0.25, -0.2) is 0 Å². The summed E-state index contributed by atoms with van der Waals surface area (Å²) in [4.78, 5) is 2.75. The standard InChI is InChI=1S/C13H23N/c1-10-8-12(9-10)11-4-6-14(7-5-11)13-2-3-13/h10-13H,2-9H2,1H3. The van der Waals surface area contributed by atoms with E-state index in [1.54, 1.807) is 0 Å². The number of hydrogen-bond acceptors (Lipinski definition) is 1. The molecule has 0 N–H and O–H groups in total. The summed E-state index contributed by atoms with van der Waals surface area (Å²) in [6.07, 6.45) is 9.07. The van der Waals surface area contributed by atoms with Crippen LogP contribution in [0.3, 0.4) is 0 Å². The van der Waals surface area contributed by atoms with Gasteiger partial charge in [0.15, 0.2) is 0 Å². The lowest BCUT2D eigenvalue weighted by Gasteiger charge is -2.43. The minimum absolute atomic E-state index is 1.01. The number of nitrogens with zero attached hydrogens (tertiary/aromatic N) is 1. The van der Waals surface area contributed by atoms with E-state index < -0.39 is 0 Å². The first kappa shape index (κ1) is 9.21. The fourth-order valence-electron chi connectivity index (χ4n) is 3.55. The second kappa shape index (κ2) is 3.52. The van der Waals surface area contributed by atoms with Crippen molar-refractivity contribution in [3.8, 4) is 0 Å². The number of rotatable bonds is 2. The van der Waals surface area contributed by atoms with E-state index in [1.165, 1.54) is 51.6 Å². The average molecular weight is 193 g/mol. The highest BCUT2D eigenvalue weighted by atomic mass is 15.2. The Labute approximate surface area is 87.9 Å². The summed E-state index contributed by atoms with van der Waals surface area (Å²) in [7, 11) is 0. The quantitative estimate of drug-likeness (QED) is 0.652. The van der Waals surface area contributed by atoms with Gasteiger partial charge in [-0.3, -0.25) is 0 Å². The first-order valence-electron chi connectivity index (χ1n) is 6.57. The molecule has 1 heterocycles. The average Bonchev–Trinajstić information content (AvgIpc) is 2.97. The Bertz CT molecular complexity index is 195. The smallest absolute Gasteiger partial charge is 0.00964 e. The Morgan fingerprint density at radius 3 is 2.00 bits per heavy atom. The van der Waals surface area contributed by atoms with Crippen molar-refractivity contribution in [3.63, 3.8) is 0 Å². The highest BCUT2D eigenvalue weighted by molar-refractivity contribution is 4.90. The van der Waals surface area contributed by atoms with Crippen molar-refractivity contribution in [3.05, 3.63) is 0 Å². The lowest BCUT2D eigenvalue weighted by atomic mass is 9.67. The summed E-state index contributed by atoms with van der Waals surface area (Å²) in [5, 5.41) is 0. The lowest BCUT2D eigenvalue weighted by Crippen LogP contribution is -2.40. The zero-order valence-electron chi connectivity index (χ0n) is 9.41. The number of piperidine rings is 1. The predicted molar refractivity (Wildman–Crippen MR) is 59.2 cm³/mol. The molecule has 1 heteroatoms. The van der Waals surface area contributed by atoms with E-state index in [4.69, 9.17) is 0 Å². The maximum atomic E-state index is 2.75. The third-order valence-corrected chi connectivity index (χ3v) is 4.71. The Hall–Kier alpha value is -0.0400. The molecule has 2 aliphatic carbocycles. The number of likely N-dealkylation sites (tertiary alicyclic amines) is 1. The molecule has 0 spiro atoms. The van der Waals surface area contributed by atoms with E-state index in [-0.39, 0.29) is 0 Å². The molecule has 1 saturated heterocycles. The van der Waals surface area contributed by atoms with E-state index >= 15 is 0 Å². The molecular weight excluding hydrogens is 170 g/mol. The highest BCUT2D eigenvalue weighted by Crippen LogP contribution is 2.43. The molecule has 1 aliphatic heterocycles. The molecule has 0 aromatic carbocycles. The van der Waals surface area contributed by atoms with Crippen LogP contribution < -0.4 is 0 Å². The van der Waals surface area contributed by atoms with Crippen molar-refractivity contribution in [2.24, 2.45) is 17.8 Å². The largest absolute Gasteiger partial charge is 0.300 e. The molecule has 3 fully saturated rings. The molecule has 1 nitrogen and oxygen atoms in total. The molecule has 0 aromatic heterocycles. The van der Waals surface area contributed by atoms with Gasteiger partial charge in [-0.15, -0.1) is 0 Å². The van der Waals surface area contributed by atoms with Crippen molar-refractivity contribution < 1.29 is 0 Å². The van der Waals surface area contributed by atoms with E-state index in [0.717, 1.165) is 23.8 Å². The molecule has 2 saturated carbocycles. The summed E-state index contributed by atoms with van der Waals surface area (Å²) in [6, 6.07) is 1.01. The molecule has 0 amide bonds. The zero-order valence-corrected chi connectivity index (χ0v) is 9.41. The molecule has 80 valence electrons. The van der Waals surface area contributed by atoms with Crippen molar-refractivity contribution in [2.75, 3.05) is 13.1 Å². The first-order valence-corrected chi connectivity index (χ1v) is 6.57. The molecule has 0 aromatic rings. The first-order chi connectivity index (χ1) is 6.83. The Morgan fingerprint density at radius 1 is 0.857 bits per heavy atom. The van der Waals surface area contributed by atoms with Crippen LogP contribution in [-0.4, -0.2) is 24.0 Å². The highest BCUT2D eigenvalue weighted by Gasteiger charge is 2.37. The molecule has 14 heavy (non-hydrogen) atoms. The van der Waals surface area contributed by atoms with Crippen molar-refractivity contribution in [1.82, 2.24) is 4.90 Å². The van der Waals surface area contributed by atoms with Crippen LogP contribution in [0, 0.1) is 17.8 Å². The SMILES string of the molecule is CC1CC(C2CCN(C3CC3)CC2)C1. The topological polar surface area (TPSA) is 3.24 Å². The van der Waals surface area contributed by atoms with Crippen LogP contribution >= 0.6 is 0 Å². The zero-order chi connectivity index (χ0) is 9.54. The van der Waals surface area contributed by atoms with Crippen LogP contribution in [0.4, 0.5) is 0 Å². The van der Waals surface area contributed by atoms with Crippen molar-refractivity contribution in [2.45, 2.75) is 51.5 Å². The van der Waals surface area contributed by atoms with Crippen LogP contribution in [0.25, 0.3) is 0 Å². The van der Waals surface area contributed by atoms with Crippen LogP contribution in [0.15, 0.2) is 0 Å². The van der Waals surface area contributed by atoms with E-state index in [1.807, 2.05) is 0 Å². The summed E-state index contributed by atoms with van der Waals surface area (Å²) in [6.45, 7) is 5.25. The van der Waals surface area contributed by atoms with Gasteiger partial charge in [-0.2, -0.15) is 0 Å². The van der Waals surface area contributed by atoms with Gasteiger partial charge >= 0.3 is 0 Å². The molecular formula is C13H23N. The molecule has 3 aliphatic rings. The van der Waals surface area contributed by atoms with Gasteiger partial charge in [-0.1, -0.05) is 6.92 Å². The Morgan fingerprint density at radius 2 is 1.50 bits per heavy atom. The van der Waals surface area contributed by atoms with Gasteiger partial charge in [-0.05, 0) is 69.4 Å². The molecule has 0 unspecified atom stereocenters. The maximum absolute atomic E-state index is 2.75. The van der Waals surface area contributed by atoms with Gasteiger partial charge in [0.05, 0.1) is 0 Å². The predicted octanol–water partition coefficient (Wildman–Crippen LogP) is 2.91. The van der Waals surface area contributed by atoms with E-state index in [9.17, 15) is 0 Å². The summed E-state index contributed by atoms with van der Waals surface area (Å²) in [5.41, 5.74) is 0. The minimum Gasteiger partial charge on any atom is -0.300 e. The van der Waals surface area contributed by atoms with Gasteiger partial charge in [0.1, 0.15) is 0 Å². The van der Waals surface area contributed by atoms with Crippen LogP contribution in [-0.2, 0) is 0 Å². The lowest BCUT2D eigenvalue weighted by molar-refractivity contribution is 0.0730. The fraction of sp³-hybridized carbons (Fsp3) is 1.00. The second-order valence-corrected chi connectivity index (χ2v) is 5.94. The van der Waals surface area contributed by atoms with E-state index in [2.05, 4.69) is 11.8 Å². The molecule has 0 bridgehead atoms. The number of hydrogen-bond donors (Lipinski definition) is 0. The monoisotopic (exact) mass is 193 g/mol. The third-order valence-electron chi connectivity index (χ3n) is 4.71. The van der Waals surface area contributed by atoms with Crippen LogP contribution in [0.1, 0.15) is 45.4 Å². The Balaban J connectivity index is 1.45. The minimum atomic E-state index is 1.01. The molecule has 3 rings (SSSR count). The van der Waals surface area contributed by atoms with Crippen molar-refractivity contribution in [1.29, 1.82) is 0 Å². The van der Waals surface area contributed by atoms with Gasteiger partial charge in [0.25, 0.3) is 0 Å². The maximum Gasteiger partial charge on any atom is 0.00964 e.